The molecule has 1 aromatic rings. The van der Waals surface area contributed by atoms with Crippen LogP contribution < -0.4 is 5.32 Å². The van der Waals surface area contributed by atoms with E-state index in [0.717, 1.165) is 13.8 Å². The van der Waals surface area contributed by atoms with E-state index in [1.54, 1.807) is 0 Å². The minimum atomic E-state index is -4.47. The molecule has 0 saturated carbocycles. The van der Waals surface area contributed by atoms with Gasteiger partial charge in [-0.25, -0.2) is 0 Å². The Morgan fingerprint density at radius 1 is 1.04 bits per heavy atom. The standard InChI is InChI=1S/C16H20F3NO3/c1-14(2,16(17,18)19)9-12(21)20-11-7-5-10(6-8-11)15(3,4)13(22)23/h5-8H,9H2,1-4H3,(H,20,21)(H,22,23). The van der Waals surface area contributed by atoms with E-state index in [9.17, 15) is 22.8 Å². The molecule has 1 rings (SSSR count). The highest BCUT2D eigenvalue weighted by Crippen LogP contribution is 2.40. The molecule has 23 heavy (non-hydrogen) atoms. The summed E-state index contributed by atoms with van der Waals surface area (Å²) in [6, 6.07) is 5.99. The van der Waals surface area contributed by atoms with Gasteiger partial charge in [0.2, 0.25) is 5.91 Å². The lowest BCUT2D eigenvalue weighted by Crippen LogP contribution is -2.35. The minimum Gasteiger partial charge on any atom is -0.481 e. The molecule has 0 spiro atoms. The quantitative estimate of drug-likeness (QED) is 0.858. The number of amides is 1. The number of hydrogen-bond acceptors (Lipinski definition) is 2. The second kappa shape index (κ2) is 6.22. The van der Waals surface area contributed by atoms with E-state index >= 15 is 0 Å². The Labute approximate surface area is 132 Å². The maximum absolute atomic E-state index is 12.8. The molecule has 0 aliphatic heterocycles. The van der Waals surface area contributed by atoms with Crippen molar-refractivity contribution in [1.29, 1.82) is 0 Å². The fraction of sp³-hybridized carbons (Fsp3) is 0.500. The molecule has 128 valence electrons. The molecule has 0 radical (unpaired) electrons. The largest absolute Gasteiger partial charge is 0.481 e. The van der Waals surface area contributed by atoms with Crippen molar-refractivity contribution in [1.82, 2.24) is 0 Å². The second-order valence-corrected chi connectivity index (χ2v) is 6.61. The van der Waals surface area contributed by atoms with Crippen LogP contribution in [0.4, 0.5) is 18.9 Å². The number of halogens is 3. The molecule has 0 saturated heterocycles. The van der Waals surface area contributed by atoms with Crippen molar-refractivity contribution in [2.24, 2.45) is 5.41 Å². The number of carboxylic acids is 1. The van der Waals surface area contributed by atoms with Crippen LogP contribution in [0.1, 0.15) is 39.7 Å². The van der Waals surface area contributed by atoms with Gasteiger partial charge in [0.1, 0.15) is 0 Å². The van der Waals surface area contributed by atoms with E-state index in [0.29, 0.717) is 11.3 Å². The topological polar surface area (TPSA) is 66.4 Å². The van der Waals surface area contributed by atoms with Gasteiger partial charge >= 0.3 is 12.1 Å². The molecule has 1 amide bonds. The zero-order valence-electron chi connectivity index (χ0n) is 13.4. The average Bonchev–Trinajstić information content (AvgIpc) is 2.36. The van der Waals surface area contributed by atoms with E-state index in [1.165, 1.54) is 38.1 Å². The molecular weight excluding hydrogens is 311 g/mol. The highest BCUT2D eigenvalue weighted by Gasteiger charge is 2.48. The van der Waals surface area contributed by atoms with Gasteiger partial charge in [0, 0.05) is 12.1 Å². The summed E-state index contributed by atoms with van der Waals surface area (Å²) in [5.74, 6) is -1.75. The summed E-state index contributed by atoms with van der Waals surface area (Å²) in [5.41, 5.74) is -2.38. The Hall–Kier alpha value is -2.05. The van der Waals surface area contributed by atoms with Gasteiger partial charge in [0.25, 0.3) is 0 Å². The fourth-order valence-corrected chi connectivity index (χ4v) is 1.80. The number of anilines is 1. The van der Waals surface area contributed by atoms with Crippen molar-refractivity contribution < 1.29 is 27.9 Å². The molecule has 7 heteroatoms. The number of aliphatic carboxylic acids is 1. The van der Waals surface area contributed by atoms with Crippen molar-refractivity contribution in [2.75, 3.05) is 5.32 Å². The molecule has 0 unspecified atom stereocenters. The summed E-state index contributed by atoms with van der Waals surface area (Å²) in [6.45, 7) is 5.00. The molecule has 0 heterocycles. The molecular formula is C16H20F3NO3. The van der Waals surface area contributed by atoms with E-state index in [4.69, 9.17) is 5.11 Å². The number of alkyl halides is 3. The van der Waals surface area contributed by atoms with Crippen molar-refractivity contribution in [3.05, 3.63) is 29.8 Å². The van der Waals surface area contributed by atoms with Crippen LogP contribution in [0.25, 0.3) is 0 Å². The van der Waals surface area contributed by atoms with Gasteiger partial charge in [0.15, 0.2) is 0 Å². The van der Waals surface area contributed by atoms with Crippen molar-refractivity contribution in [3.63, 3.8) is 0 Å². The normalized spacial score (nSPS) is 12.8. The smallest absolute Gasteiger partial charge is 0.394 e. The number of carbonyl (C=O) groups is 2. The SMILES string of the molecule is CC(C)(C(=O)O)c1ccc(NC(=O)CC(C)(C)C(F)(F)F)cc1. The third-order valence-electron chi connectivity index (χ3n) is 3.79. The summed E-state index contributed by atoms with van der Waals surface area (Å²) in [4.78, 5) is 22.9. The third-order valence-corrected chi connectivity index (χ3v) is 3.79. The third kappa shape index (κ3) is 4.46. The van der Waals surface area contributed by atoms with Gasteiger partial charge in [-0.15, -0.1) is 0 Å². The van der Waals surface area contributed by atoms with Crippen LogP contribution in [0.3, 0.4) is 0 Å². The molecule has 0 aliphatic carbocycles. The molecule has 0 aliphatic rings. The Kier molecular flexibility index (Phi) is 5.13. The highest BCUT2D eigenvalue weighted by atomic mass is 19.4. The molecule has 0 aromatic heterocycles. The first-order valence-corrected chi connectivity index (χ1v) is 6.98. The summed E-state index contributed by atoms with van der Waals surface area (Å²) in [7, 11) is 0. The van der Waals surface area contributed by atoms with E-state index < -0.39 is 35.3 Å². The van der Waals surface area contributed by atoms with E-state index in [-0.39, 0.29) is 0 Å². The van der Waals surface area contributed by atoms with Gasteiger partial charge in [-0.05, 0) is 31.5 Å². The van der Waals surface area contributed by atoms with Crippen LogP contribution in [0.2, 0.25) is 0 Å². The first-order chi connectivity index (χ1) is 10.3. The Morgan fingerprint density at radius 3 is 1.91 bits per heavy atom. The summed E-state index contributed by atoms with van der Waals surface area (Å²) in [6.07, 6.45) is -5.17. The predicted octanol–water partition coefficient (Wildman–Crippen LogP) is 3.97. The molecule has 2 N–H and O–H groups in total. The summed E-state index contributed by atoms with van der Waals surface area (Å²) >= 11 is 0. The Bertz CT molecular complexity index is 590. The van der Waals surface area contributed by atoms with E-state index in [2.05, 4.69) is 5.32 Å². The van der Waals surface area contributed by atoms with Gasteiger partial charge in [-0.2, -0.15) is 13.2 Å². The van der Waals surface area contributed by atoms with Gasteiger partial charge < -0.3 is 10.4 Å². The van der Waals surface area contributed by atoms with Crippen LogP contribution in [-0.4, -0.2) is 23.2 Å². The van der Waals surface area contributed by atoms with Crippen LogP contribution >= 0.6 is 0 Å². The number of rotatable bonds is 5. The maximum Gasteiger partial charge on any atom is 0.394 e. The number of carbonyl (C=O) groups excluding carboxylic acids is 1. The zero-order valence-corrected chi connectivity index (χ0v) is 13.4. The summed E-state index contributed by atoms with van der Waals surface area (Å²) in [5, 5.41) is 11.5. The Balaban J connectivity index is 2.80. The van der Waals surface area contributed by atoms with E-state index in [1.807, 2.05) is 0 Å². The molecule has 0 fully saturated rings. The van der Waals surface area contributed by atoms with Gasteiger partial charge in [-0.1, -0.05) is 26.0 Å². The lowest BCUT2D eigenvalue weighted by molar-refractivity contribution is -0.213. The van der Waals surface area contributed by atoms with Crippen LogP contribution in [0.5, 0.6) is 0 Å². The number of nitrogens with one attached hydrogen (secondary N) is 1. The summed E-state index contributed by atoms with van der Waals surface area (Å²) < 4.78 is 38.3. The first kappa shape index (κ1) is 19.0. The monoisotopic (exact) mass is 331 g/mol. The Morgan fingerprint density at radius 2 is 1.52 bits per heavy atom. The minimum absolute atomic E-state index is 0.318. The lowest BCUT2D eigenvalue weighted by atomic mass is 9.85. The second-order valence-electron chi connectivity index (χ2n) is 6.61. The zero-order chi connectivity index (χ0) is 18.1. The molecule has 0 atom stereocenters. The van der Waals surface area contributed by atoms with Gasteiger partial charge in [-0.3, -0.25) is 9.59 Å². The molecule has 4 nitrogen and oxygen atoms in total. The lowest BCUT2D eigenvalue weighted by Gasteiger charge is -2.27. The average molecular weight is 331 g/mol. The maximum atomic E-state index is 12.8. The van der Waals surface area contributed by atoms with Crippen LogP contribution in [-0.2, 0) is 15.0 Å². The molecule has 1 aromatic carbocycles. The number of carboxylic acid groups (broad SMARTS) is 1. The van der Waals surface area contributed by atoms with Crippen molar-refractivity contribution in [2.45, 2.75) is 45.7 Å². The number of benzene rings is 1. The van der Waals surface area contributed by atoms with Crippen molar-refractivity contribution in [3.8, 4) is 0 Å². The fourth-order valence-electron chi connectivity index (χ4n) is 1.80. The number of hydrogen-bond donors (Lipinski definition) is 2. The predicted molar refractivity (Wildman–Crippen MR) is 80.2 cm³/mol. The first-order valence-electron chi connectivity index (χ1n) is 6.98. The van der Waals surface area contributed by atoms with Crippen LogP contribution in [0.15, 0.2) is 24.3 Å². The highest BCUT2D eigenvalue weighted by molar-refractivity contribution is 5.91. The van der Waals surface area contributed by atoms with Gasteiger partial charge in [0.05, 0.1) is 10.8 Å². The van der Waals surface area contributed by atoms with Crippen molar-refractivity contribution >= 4 is 17.6 Å². The molecule has 0 bridgehead atoms. The van der Waals surface area contributed by atoms with Crippen LogP contribution in [0, 0.1) is 5.41 Å².